The normalized spacial score (nSPS) is 11.3. The Labute approximate surface area is 230 Å². The van der Waals surface area contributed by atoms with E-state index in [2.05, 4.69) is 10.2 Å². The number of carbonyl (C=O) groups is 3. The van der Waals surface area contributed by atoms with E-state index in [-0.39, 0.29) is 22.3 Å². The number of amides is 2. The summed E-state index contributed by atoms with van der Waals surface area (Å²) in [5.74, 6) is -1.46. The Kier molecular flexibility index (Phi) is 7.59. The van der Waals surface area contributed by atoms with Crippen LogP contribution in [-0.4, -0.2) is 64.6 Å². The minimum absolute atomic E-state index is 0.0397. The van der Waals surface area contributed by atoms with Crippen molar-refractivity contribution in [3.05, 3.63) is 71.2 Å². The van der Waals surface area contributed by atoms with E-state index in [0.717, 1.165) is 10.5 Å². The molecule has 2 heterocycles. The number of methoxy groups -OCH3 is 2. The van der Waals surface area contributed by atoms with Gasteiger partial charge in [0.1, 0.15) is 33.9 Å². The number of halogens is 1. The summed E-state index contributed by atoms with van der Waals surface area (Å²) in [5.41, 5.74) is 2.06. The Bertz CT molecular complexity index is 1620. The first kappa shape index (κ1) is 28.2. The number of hydrogen-bond donors (Lipinski definition) is 0. The van der Waals surface area contributed by atoms with Crippen LogP contribution in [0.25, 0.3) is 27.9 Å². The maximum atomic E-state index is 14.0. The lowest BCUT2D eigenvalue weighted by Crippen LogP contribution is -2.38. The maximum Gasteiger partial charge on any atom is 0.417 e. The van der Waals surface area contributed by atoms with Gasteiger partial charge in [-0.1, -0.05) is 0 Å². The highest BCUT2D eigenvalue weighted by atomic mass is 19.1. The summed E-state index contributed by atoms with van der Waals surface area (Å²) < 4.78 is 30.8. The third-order valence-corrected chi connectivity index (χ3v) is 6.09. The molecule has 2 aromatic heterocycles. The second-order valence-corrected chi connectivity index (χ2v) is 10.0. The van der Waals surface area contributed by atoms with Gasteiger partial charge in [0.2, 0.25) is 0 Å². The van der Waals surface area contributed by atoms with E-state index < -0.39 is 29.4 Å². The Morgan fingerprint density at radius 1 is 1.00 bits per heavy atom. The summed E-state index contributed by atoms with van der Waals surface area (Å²) in [5, 5.41) is 8.84. The Morgan fingerprint density at radius 3 is 2.27 bits per heavy atom. The maximum absolute atomic E-state index is 14.0. The quantitative estimate of drug-likeness (QED) is 0.308. The lowest BCUT2D eigenvalue weighted by molar-refractivity contribution is 0.0285. The minimum atomic E-state index is -0.860. The van der Waals surface area contributed by atoms with E-state index in [1.54, 1.807) is 39.0 Å². The van der Waals surface area contributed by atoms with E-state index in [4.69, 9.17) is 14.2 Å². The first-order valence-corrected chi connectivity index (χ1v) is 12.3. The molecule has 0 N–H and O–H groups in total. The molecule has 4 aromatic rings. The molecule has 0 spiro atoms. The highest BCUT2D eigenvalue weighted by Gasteiger charge is 2.32. The molecule has 0 atom stereocenters. The molecule has 0 bridgehead atoms. The molecule has 0 aliphatic heterocycles. The molecule has 0 fully saturated rings. The van der Waals surface area contributed by atoms with Gasteiger partial charge in [-0.15, -0.1) is 9.73 Å². The predicted molar refractivity (Wildman–Crippen MR) is 145 cm³/mol. The van der Waals surface area contributed by atoms with Crippen LogP contribution in [0.3, 0.4) is 0 Å². The van der Waals surface area contributed by atoms with Gasteiger partial charge in [0, 0.05) is 18.2 Å². The lowest BCUT2D eigenvalue weighted by Gasteiger charge is -2.23. The van der Waals surface area contributed by atoms with Gasteiger partial charge >= 0.3 is 12.1 Å². The SMILES string of the molecule is COC(=O)c1cc(-c2ccnn3nc(-c4ccc(F)cc4)c(C(=O)N(C)C(=O)OC(C)(C)C)c23)c(C)cc1OC. The van der Waals surface area contributed by atoms with Crippen molar-refractivity contribution in [3.8, 4) is 28.1 Å². The molecule has 0 aliphatic rings. The summed E-state index contributed by atoms with van der Waals surface area (Å²) in [6.07, 6.45) is 0.637. The van der Waals surface area contributed by atoms with Gasteiger partial charge in [0.05, 0.1) is 26.0 Å². The molecular formula is C29H29FN4O6. The standard InChI is InChI=1S/C29H29FN4O6/c1-16-14-22(38-6)21(27(36)39-7)15-20(16)19-12-13-31-34-25(19)23(24(32-34)17-8-10-18(30)11-9-17)26(35)33(5)28(37)40-29(2,3)4/h8-15H,1-7H3. The van der Waals surface area contributed by atoms with Crippen molar-refractivity contribution in [1.29, 1.82) is 0 Å². The fraction of sp³-hybridized carbons (Fsp3) is 0.276. The zero-order chi connectivity index (χ0) is 29.4. The van der Waals surface area contributed by atoms with Gasteiger partial charge in [-0.2, -0.15) is 5.10 Å². The first-order chi connectivity index (χ1) is 18.9. The molecule has 0 saturated carbocycles. The average molecular weight is 549 g/mol. The zero-order valence-corrected chi connectivity index (χ0v) is 23.2. The average Bonchev–Trinajstić information content (AvgIpc) is 3.31. The number of hydrogen-bond acceptors (Lipinski definition) is 8. The van der Waals surface area contributed by atoms with Crippen LogP contribution in [0.4, 0.5) is 9.18 Å². The van der Waals surface area contributed by atoms with Gasteiger partial charge in [-0.3, -0.25) is 4.79 Å². The zero-order valence-electron chi connectivity index (χ0n) is 23.2. The van der Waals surface area contributed by atoms with Crippen LogP contribution in [0.5, 0.6) is 5.75 Å². The molecule has 2 amide bonds. The van der Waals surface area contributed by atoms with Crippen LogP contribution in [0, 0.1) is 12.7 Å². The number of imide groups is 1. The van der Waals surface area contributed by atoms with Crippen LogP contribution < -0.4 is 4.74 Å². The van der Waals surface area contributed by atoms with E-state index in [0.29, 0.717) is 22.4 Å². The number of ether oxygens (including phenoxy) is 3. The van der Waals surface area contributed by atoms with Crippen molar-refractivity contribution in [3.63, 3.8) is 0 Å². The Morgan fingerprint density at radius 2 is 1.68 bits per heavy atom. The second-order valence-electron chi connectivity index (χ2n) is 10.0. The third-order valence-electron chi connectivity index (χ3n) is 6.09. The number of carbonyl (C=O) groups excluding carboxylic acids is 3. The number of benzene rings is 2. The summed E-state index contributed by atoms with van der Waals surface area (Å²) in [7, 11) is 4.01. The smallest absolute Gasteiger partial charge is 0.417 e. The van der Waals surface area contributed by atoms with Crippen molar-refractivity contribution >= 4 is 23.5 Å². The molecule has 2 aromatic carbocycles. The van der Waals surface area contributed by atoms with Crippen LogP contribution in [0.2, 0.25) is 0 Å². The van der Waals surface area contributed by atoms with E-state index in [1.165, 1.54) is 56.4 Å². The van der Waals surface area contributed by atoms with Crippen molar-refractivity contribution in [2.75, 3.05) is 21.3 Å². The van der Waals surface area contributed by atoms with Crippen LogP contribution >= 0.6 is 0 Å². The number of fused-ring (bicyclic) bond motifs is 1. The van der Waals surface area contributed by atoms with Crippen LogP contribution in [0.15, 0.2) is 48.7 Å². The molecule has 4 rings (SSSR count). The number of nitrogens with zero attached hydrogens (tertiary/aromatic N) is 4. The minimum Gasteiger partial charge on any atom is -0.496 e. The van der Waals surface area contributed by atoms with Gasteiger partial charge in [-0.25, -0.2) is 18.9 Å². The molecular weight excluding hydrogens is 519 g/mol. The van der Waals surface area contributed by atoms with E-state index in [9.17, 15) is 18.8 Å². The van der Waals surface area contributed by atoms with Crippen molar-refractivity contribution in [2.24, 2.45) is 0 Å². The monoisotopic (exact) mass is 548 g/mol. The van der Waals surface area contributed by atoms with Gasteiger partial charge in [0.15, 0.2) is 0 Å². The summed E-state index contributed by atoms with van der Waals surface area (Å²) in [6, 6.07) is 10.4. The van der Waals surface area contributed by atoms with Crippen molar-refractivity contribution < 1.29 is 33.0 Å². The molecule has 0 saturated heterocycles. The Hall–Kier alpha value is -4.80. The number of rotatable bonds is 5. The summed E-state index contributed by atoms with van der Waals surface area (Å²) in [6.45, 7) is 6.89. The molecule has 0 radical (unpaired) electrons. The summed E-state index contributed by atoms with van der Waals surface area (Å²) in [4.78, 5) is 40.3. The fourth-order valence-corrected chi connectivity index (χ4v) is 4.20. The molecule has 11 heteroatoms. The number of aryl methyl sites for hydroxylation is 1. The highest BCUT2D eigenvalue weighted by Crippen LogP contribution is 2.37. The number of esters is 1. The molecule has 0 unspecified atom stereocenters. The predicted octanol–water partition coefficient (Wildman–Crippen LogP) is 5.31. The van der Waals surface area contributed by atoms with Crippen molar-refractivity contribution in [2.45, 2.75) is 33.3 Å². The van der Waals surface area contributed by atoms with E-state index >= 15 is 0 Å². The van der Waals surface area contributed by atoms with Gasteiger partial charge in [-0.05, 0) is 81.3 Å². The summed E-state index contributed by atoms with van der Waals surface area (Å²) >= 11 is 0. The highest BCUT2D eigenvalue weighted by molar-refractivity contribution is 6.13. The van der Waals surface area contributed by atoms with E-state index in [1.807, 2.05) is 6.92 Å². The molecule has 0 aliphatic carbocycles. The van der Waals surface area contributed by atoms with Gasteiger partial charge in [0.25, 0.3) is 5.91 Å². The van der Waals surface area contributed by atoms with Crippen LogP contribution in [0.1, 0.15) is 47.1 Å². The topological polar surface area (TPSA) is 112 Å². The molecule has 10 nitrogen and oxygen atoms in total. The van der Waals surface area contributed by atoms with Crippen LogP contribution in [-0.2, 0) is 9.47 Å². The fourth-order valence-electron chi connectivity index (χ4n) is 4.20. The number of aromatic nitrogens is 3. The third kappa shape index (κ3) is 5.35. The van der Waals surface area contributed by atoms with Gasteiger partial charge < -0.3 is 14.2 Å². The molecule has 40 heavy (non-hydrogen) atoms. The molecule has 208 valence electrons. The largest absolute Gasteiger partial charge is 0.496 e. The first-order valence-electron chi connectivity index (χ1n) is 12.3. The lowest BCUT2D eigenvalue weighted by atomic mass is 9.95. The second kappa shape index (κ2) is 10.8. The Balaban J connectivity index is 2.03. The van der Waals surface area contributed by atoms with Crippen molar-refractivity contribution in [1.82, 2.24) is 19.7 Å².